The number of thiocarbonyl (C=S) groups is 1. The zero-order valence-corrected chi connectivity index (χ0v) is 16.1. The second-order valence-electron chi connectivity index (χ2n) is 5.90. The molecule has 1 aromatic carbocycles. The fourth-order valence-electron chi connectivity index (χ4n) is 2.84. The molecule has 1 amide bonds. The number of hydrogen-bond donors (Lipinski definition) is 1. The minimum Gasteiger partial charge on any atom is -0.450 e. The van der Waals surface area contributed by atoms with Gasteiger partial charge in [0, 0.05) is 42.0 Å². The van der Waals surface area contributed by atoms with Gasteiger partial charge in [-0.2, -0.15) is 0 Å². The number of anilines is 1. The number of fused-ring (bicyclic) bond motifs is 1. The van der Waals surface area contributed by atoms with Crippen molar-refractivity contribution in [1.29, 1.82) is 0 Å². The summed E-state index contributed by atoms with van der Waals surface area (Å²) >= 11 is 7.05. The monoisotopic (exact) mass is 392 g/mol. The van der Waals surface area contributed by atoms with Gasteiger partial charge in [0.15, 0.2) is 0 Å². The Labute approximate surface area is 160 Å². The van der Waals surface area contributed by atoms with Crippen molar-refractivity contribution in [3.8, 4) is 0 Å². The smallest absolute Gasteiger partial charge is 0.411 e. The lowest BCUT2D eigenvalue weighted by molar-refractivity contribution is 0.168. The van der Waals surface area contributed by atoms with Crippen LogP contribution in [0, 0.1) is 0 Å². The molecule has 1 aromatic heterocycles. The van der Waals surface area contributed by atoms with Crippen LogP contribution in [0.15, 0.2) is 33.5 Å². The van der Waals surface area contributed by atoms with E-state index in [0.29, 0.717) is 17.0 Å². The lowest BCUT2D eigenvalue weighted by Crippen LogP contribution is -2.23. The standard InChI is InChI=1S/C18H20N2O4S2/c1-2-23-17(22)19-13-5-6-14-12(9-16(21)24-15(14)10-13)11-26-18(25)20-7-3-4-8-20/h5-6,9-10H,2-4,7-8,11H2,1H3,(H,19,22). The average molecular weight is 393 g/mol. The van der Waals surface area contributed by atoms with Crippen LogP contribution in [0.1, 0.15) is 25.3 Å². The Bertz CT molecular complexity index is 875. The minimum atomic E-state index is -0.545. The van der Waals surface area contributed by atoms with Gasteiger partial charge in [-0.1, -0.05) is 24.0 Å². The van der Waals surface area contributed by atoms with Crippen molar-refractivity contribution in [3.63, 3.8) is 0 Å². The number of nitrogens with zero attached hydrogens (tertiary/aromatic N) is 1. The molecule has 0 unspecified atom stereocenters. The first-order chi connectivity index (χ1) is 12.6. The molecule has 0 saturated carbocycles. The van der Waals surface area contributed by atoms with Crippen LogP contribution < -0.4 is 10.9 Å². The largest absolute Gasteiger partial charge is 0.450 e. The normalized spacial score (nSPS) is 13.8. The third kappa shape index (κ3) is 4.56. The Hall–Kier alpha value is -2.06. The summed E-state index contributed by atoms with van der Waals surface area (Å²) in [4.78, 5) is 25.7. The number of rotatable bonds is 4. The number of nitrogens with one attached hydrogen (secondary N) is 1. The van der Waals surface area contributed by atoms with E-state index in [4.69, 9.17) is 21.4 Å². The van der Waals surface area contributed by atoms with Gasteiger partial charge in [-0.05, 0) is 37.5 Å². The molecule has 2 aromatic rings. The van der Waals surface area contributed by atoms with E-state index in [9.17, 15) is 9.59 Å². The Morgan fingerprint density at radius 1 is 1.35 bits per heavy atom. The first kappa shape index (κ1) is 18.7. The maximum atomic E-state index is 11.9. The van der Waals surface area contributed by atoms with Crippen LogP contribution in [-0.2, 0) is 10.5 Å². The molecule has 0 radical (unpaired) electrons. The Balaban J connectivity index is 1.78. The highest BCUT2D eigenvalue weighted by atomic mass is 32.2. The van der Waals surface area contributed by atoms with Crippen LogP contribution in [0.25, 0.3) is 11.0 Å². The molecule has 1 saturated heterocycles. The second-order valence-corrected chi connectivity index (χ2v) is 7.50. The lowest BCUT2D eigenvalue weighted by Gasteiger charge is -2.17. The van der Waals surface area contributed by atoms with Crippen LogP contribution in [0.4, 0.5) is 10.5 Å². The van der Waals surface area contributed by atoms with Gasteiger partial charge in [0.25, 0.3) is 0 Å². The molecule has 1 fully saturated rings. The number of amides is 1. The van der Waals surface area contributed by atoms with Gasteiger partial charge in [-0.3, -0.25) is 5.32 Å². The summed E-state index contributed by atoms with van der Waals surface area (Å²) in [5.74, 6) is 0.599. The maximum Gasteiger partial charge on any atom is 0.411 e. The number of carbonyl (C=O) groups is 1. The molecular weight excluding hydrogens is 372 g/mol. The average Bonchev–Trinajstić information content (AvgIpc) is 3.14. The molecule has 1 N–H and O–H groups in total. The minimum absolute atomic E-state index is 0.285. The number of benzene rings is 1. The Morgan fingerprint density at radius 2 is 2.12 bits per heavy atom. The number of likely N-dealkylation sites (tertiary alicyclic amines) is 1. The predicted molar refractivity (Wildman–Crippen MR) is 108 cm³/mol. The highest BCUT2D eigenvalue weighted by Crippen LogP contribution is 2.26. The number of hydrogen-bond acceptors (Lipinski definition) is 6. The first-order valence-electron chi connectivity index (χ1n) is 8.49. The summed E-state index contributed by atoms with van der Waals surface area (Å²) in [6, 6.07) is 6.71. The van der Waals surface area contributed by atoms with E-state index < -0.39 is 11.7 Å². The molecule has 0 bridgehead atoms. The van der Waals surface area contributed by atoms with E-state index in [1.807, 2.05) is 6.07 Å². The van der Waals surface area contributed by atoms with Gasteiger partial charge in [-0.15, -0.1) is 0 Å². The van der Waals surface area contributed by atoms with Crippen LogP contribution in [0.2, 0.25) is 0 Å². The number of carbonyl (C=O) groups excluding carboxylic acids is 1. The molecule has 0 spiro atoms. The zero-order valence-electron chi connectivity index (χ0n) is 14.4. The fraction of sp³-hybridized carbons (Fsp3) is 0.389. The summed E-state index contributed by atoms with van der Waals surface area (Å²) in [6.07, 6.45) is 1.81. The zero-order chi connectivity index (χ0) is 18.5. The second kappa shape index (κ2) is 8.55. The Kier molecular flexibility index (Phi) is 6.16. The summed E-state index contributed by atoms with van der Waals surface area (Å²) in [5.41, 5.74) is 1.38. The van der Waals surface area contributed by atoms with Crippen LogP contribution in [0.3, 0.4) is 0 Å². The van der Waals surface area contributed by atoms with Gasteiger partial charge in [-0.25, -0.2) is 9.59 Å². The van der Waals surface area contributed by atoms with Crippen LogP contribution in [-0.4, -0.2) is 35.0 Å². The van der Waals surface area contributed by atoms with Gasteiger partial charge >= 0.3 is 11.7 Å². The third-order valence-electron chi connectivity index (χ3n) is 4.07. The lowest BCUT2D eigenvalue weighted by atomic mass is 10.1. The van der Waals surface area contributed by atoms with Gasteiger partial charge in [0.1, 0.15) is 9.90 Å². The van der Waals surface area contributed by atoms with Gasteiger partial charge in [0.2, 0.25) is 0 Å². The molecule has 6 nitrogen and oxygen atoms in total. The quantitative estimate of drug-likeness (QED) is 0.623. The topological polar surface area (TPSA) is 71.8 Å². The molecule has 1 aliphatic heterocycles. The third-order valence-corrected chi connectivity index (χ3v) is 5.64. The van der Waals surface area contributed by atoms with Crippen molar-refractivity contribution in [2.45, 2.75) is 25.5 Å². The summed E-state index contributed by atoms with van der Waals surface area (Å²) in [6.45, 7) is 4.03. The van der Waals surface area contributed by atoms with E-state index in [1.54, 1.807) is 30.8 Å². The van der Waals surface area contributed by atoms with Crippen molar-refractivity contribution >= 4 is 51.1 Å². The first-order valence-corrected chi connectivity index (χ1v) is 9.88. The van der Waals surface area contributed by atoms with Crippen molar-refractivity contribution < 1.29 is 13.9 Å². The molecule has 0 aliphatic carbocycles. The number of thioether (sulfide) groups is 1. The van der Waals surface area contributed by atoms with Crippen molar-refractivity contribution in [2.75, 3.05) is 25.0 Å². The van der Waals surface area contributed by atoms with Crippen LogP contribution >= 0.6 is 24.0 Å². The molecule has 138 valence electrons. The van der Waals surface area contributed by atoms with Crippen molar-refractivity contribution in [2.24, 2.45) is 0 Å². The van der Waals surface area contributed by atoms with Crippen molar-refractivity contribution in [1.82, 2.24) is 4.90 Å². The molecule has 0 atom stereocenters. The highest BCUT2D eigenvalue weighted by molar-refractivity contribution is 8.22. The summed E-state index contributed by atoms with van der Waals surface area (Å²) in [5, 5.41) is 3.43. The summed E-state index contributed by atoms with van der Waals surface area (Å²) < 4.78 is 11.0. The SMILES string of the molecule is CCOC(=O)Nc1ccc2c(CSC(=S)N3CCCC3)cc(=O)oc2c1. The molecule has 26 heavy (non-hydrogen) atoms. The number of ether oxygens (including phenoxy) is 1. The van der Waals surface area contributed by atoms with Crippen molar-refractivity contribution in [3.05, 3.63) is 40.2 Å². The maximum absolute atomic E-state index is 11.9. The fourth-order valence-corrected chi connectivity index (χ4v) is 4.08. The molecule has 3 rings (SSSR count). The molecular formula is C18H20N2O4S2. The van der Waals surface area contributed by atoms with Gasteiger partial charge in [0.05, 0.1) is 6.61 Å². The van der Waals surface area contributed by atoms with E-state index >= 15 is 0 Å². The molecule has 2 heterocycles. The van der Waals surface area contributed by atoms with E-state index in [0.717, 1.165) is 28.4 Å². The van der Waals surface area contributed by atoms with E-state index in [-0.39, 0.29) is 6.61 Å². The van der Waals surface area contributed by atoms with Crippen LogP contribution in [0.5, 0.6) is 0 Å². The Morgan fingerprint density at radius 3 is 2.85 bits per heavy atom. The summed E-state index contributed by atoms with van der Waals surface area (Å²) in [7, 11) is 0. The highest BCUT2D eigenvalue weighted by Gasteiger charge is 2.16. The van der Waals surface area contributed by atoms with Gasteiger partial charge < -0.3 is 14.1 Å². The molecule has 8 heteroatoms. The molecule has 1 aliphatic rings. The van der Waals surface area contributed by atoms with E-state index in [2.05, 4.69) is 10.2 Å². The van der Waals surface area contributed by atoms with E-state index in [1.165, 1.54) is 18.9 Å². The predicted octanol–water partition coefficient (Wildman–Crippen LogP) is 3.98.